The Morgan fingerprint density at radius 1 is 1.37 bits per heavy atom. The fraction of sp³-hybridized carbons (Fsp3) is 0.556. The first-order valence-electron chi connectivity index (χ1n) is 9.03. The summed E-state index contributed by atoms with van der Waals surface area (Å²) in [5, 5.41) is 26.2. The highest BCUT2D eigenvalue weighted by atomic mass is 16.6. The van der Waals surface area contributed by atoms with E-state index in [1.165, 1.54) is 6.07 Å². The zero-order valence-corrected chi connectivity index (χ0v) is 15.8. The van der Waals surface area contributed by atoms with Crippen molar-refractivity contribution in [1.29, 1.82) is 0 Å². The van der Waals surface area contributed by atoms with Gasteiger partial charge in [0.2, 0.25) is 0 Å². The summed E-state index contributed by atoms with van der Waals surface area (Å²) in [4.78, 5) is 35.7. The van der Waals surface area contributed by atoms with Gasteiger partial charge in [0, 0.05) is 29.8 Å². The second kappa shape index (κ2) is 8.81. The van der Waals surface area contributed by atoms with Gasteiger partial charge >= 0.3 is 5.97 Å². The van der Waals surface area contributed by atoms with Crippen LogP contribution in [0.1, 0.15) is 44.0 Å². The van der Waals surface area contributed by atoms with Gasteiger partial charge in [0.15, 0.2) is 0 Å². The van der Waals surface area contributed by atoms with Gasteiger partial charge in [-0.05, 0) is 45.4 Å². The Bertz CT molecular complexity index is 716. The molecule has 0 atom stereocenters. The second-order valence-corrected chi connectivity index (χ2v) is 7.04. The molecule has 0 heterocycles. The number of aliphatic carboxylic acids is 1. The number of hydrogen-bond acceptors (Lipinski definition) is 6. The van der Waals surface area contributed by atoms with E-state index in [4.69, 9.17) is 5.11 Å². The average molecular weight is 378 g/mol. The number of likely N-dealkylation sites (N-methyl/N-ethyl adjacent to an activating group) is 1. The van der Waals surface area contributed by atoms with Gasteiger partial charge in [-0.3, -0.25) is 24.6 Å². The van der Waals surface area contributed by atoms with E-state index >= 15 is 0 Å². The first kappa shape index (κ1) is 20.6. The zero-order valence-electron chi connectivity index (χ0n) is 15.8. The smallest absolute Gasteiger partial charge is 0.317 e. The lowest BCUT2D eigenvalue weighted by molar-refractivity contribution is -0.384. The van der Waals surface area contributed by atoms with Crippen molar-refractivity contribution in [2.24, 2.45) is 0 Å². The number of benzene rings is 1. The molecule has 1 saturated carbocycles. The predicted octanol–water partition coefficient (Wildman–Crippen LogP) is 2.08. The maximum Gasteiger partial charge on any atom is 0.317 e. The fourth-order valence-electron chi connectivity index (χ4n) is 3.19. The predicted molar refractivity (Wildman–Crippen MR) is 101 cm³/mol. The average Bonchev–Trinajstić information content (AvgIpc) is 2.54. The molecule has 1 amide bonds. The van der Waals surface area contributed by atoms with E-state index < -0.39 is 10.9 Å². The summed E-state index contributed by atoms with van der Waals surface area (Å²) < 4.78 is 0. The number of carbonyl (C=O) groups excluding carboxylic acids is 1. The number of nitro benzene ring substituents is 1. The van der Waals surface area contributed by atoms with E-state index in [0.29, 0.717) is 25.1 Å². The van der Waals surface area contributed by atoms with Crippen LogP contribution in [0.3, 0.4) is 0 Å². The Labute approximate surface area is 157 Å². The van der Waals surface area contributed by atoms with Gasteiger partial charge in [-0.1, -0.05) is 6.92 Å². The van der Waals surface area contributed by atoms with Crippen molar-refractivity contribution in [3.05, 3.63) is 33.9 Å². The number of carbonyl (C=O) groups is 2. The SMILES string of the molecule is CCN(CC(=O)O)C1CC(Nc2ccc(C(=O)NC(C)C)cc2[N+](=O)[O-])C1. The molecular weight excluding hydrogens is 352 g/mol. The summed E-state index contributed by atoms with van der Waals surface area (Å²) in [6.07, 6.45) is 1.43. The largest absolute Gasteiger partial charge is 0.480 e. The van der Waals surface area contributed by atoms with Crippen LogP contribution in [-0.2, 0) is 4.79 Å². The van der Waals surface area contributed by atoms with Crippen LogP contribution in [0.2, 0.25) is 0 Å². The third kappa shape index (κ3) is 5.40. The maximum absolute atomic E-state index is 12.1. The number of nitrogens with zero attached hydrogens (tertiary/aromatic N) is 2. The van der Waals surface area contributed by atoms with Crippen LogP contribution in [0.25, 0.3) is 0 Å². The van der Waals surface area contributed by atoms with Crippen molar-refractivity contribution in [2.75, 3.05) is 18.4 Å². The molecule has 0 saturated heterocycles. The number of nitrogens with one attached hydrogen (secondary N) is 2. The molecule has 148 valence electrons. The quantitative estimate of drug-likeness (QED) is 0.444. The number of carboxylic acids is 1. The van der Waals surface area contributed by atoms with Crippen LogP contribution < -0.4 is 10.6 Å². The molecule has 1 fully saturated rings. The molecule has 1 aromatic carbocycles. The monoisotopic (exact) mass is 378 g/mol. The summed E-state index contributed by atoms with van der Waals surface area (Å²) in [6, 6.07) is 4.51. The number of hydrogen-bond donors (Lipinski definition) is 3. The summed E-state index contributed by atoms with van der Waals surface area (Å²) in [7, 11) is 0. The Morgan fingerprint density at radius 2 is 2.04 bits per heavy atom. The number of anilines is 1. The minimum atomic E-state index is -0.862. The van der Waals surface area contributed by atoms with Crippen molar-refractivity contribution >= 4 is 23.3 Å². The summed E-state index contributed by atoms with van der Waals surface area (Å²) in [5.41, 5.74) is 0.463. The Balaban J connectivity index is 2.04. The van der Waals surface area contributed by atoms with E-state index in [1.54, 1.807) is 12.1 Å². The molecule has 0 unspecified atom stereocenters. The first-order valence-corrected chi connectivity index (χ1v) is 9.03. The molecule has 1 aliphatic carbocycles. The molecule has 0 radical (unpaired) electrons. The molecule has 0 spiro atoms. The van der Waals surface area contributed by atoms with Crippen LogP contribution >= 0.6 is 0 Å². The van der Waals surface area contributed by atoms with E-state index in [0.717, 1.165) is 0 Å². The van der Waals surface area contributed by atoms with Crippen molar-refractivity contribution in [3.63, 3.8) is 0 Å². The van der Waals surface area contributed by atoms with Gasteiger partial charge in [-0.15, -0.1) is 0 Å². The molecule has 0 aromatic heterocycles. The first-order chi connectivity index (χ1) is 12.7. The van der Waals surface area contributed by atoms with E-state index in [2.05, 4.69) is 10.6 Å². The van der Waals surface area contributed by atoms with Gasteiger partial charge in [-0.25, -0.2) is 0 Å². The number of nitro groups is 1. The van der Waals surface area contributed by atoms with E-state index in [-0.39, 0.29) is 41.8 Å². The molecule has 1 aliphatic rings. The van der Waals surface area contributed by atoms with Crippen molar-refractivity contribution < 1.29 is 19.6 Å². The fourth-order valence-corrected chi connectivity index (χ4v) is 3.19. The summed E-state index contributed by atoms with van der Waals surface area (Å²) in [6.45, 7) is 6.19. The van der Waals surface area contributed by atoms with E-state index in [1.807, 2.05) is 25.7 Å². The van der Waals surface area contributed by atoms with Crippen LogP contribution in [0.15, 0.2) is 18.2 Å². The second-order valence-electron chi connectivity index (χ2n) is 7.04. The molecule has 9 heteroatoms. The molecular formula is C18H26N4O5. The van der Waals surface area contributed by atoms with Gasteiger partial charge < -0.3 is 15.7 Å². The van der Waals surface area contributed by atoms with Crippen LogP contribution in [0, 0.1) is 10.1 Å². The Morgan fingerprint density at radius 3 is 2.56 bits per heavy atom. The van der Waals surface area contributed by atoms with Crippen molar-refractivity contribution in [1.82, 2.24) is 10.2 Å². The normalized spacial score (nSPS) is 18.9. The molecule has 1 aromatic rings. The molecule has 9 nitrogen and oxygen atoms in total. The minimum Gasteiger partial charge on any atom is -0.480 e. The zero-order chi connectivity index (χ0) is 20.1. The lowest BCUT2D eigenvalue weighted by Gasteiger charge is -2.42. The Kier molecular flexibility index (Phi) is 6.73. The van der Waals surface area contributed by atoms with Crippen molar-refractivity contribution in [3.8, 4) is 0 Å². The molecule has 27 heavy (non-hydrogen) atoms. The van der Waals surface area contributed by atoms with Gasteiger partial charge in [0.25, 0.3) is 11.6 Å². The summed E-state index contributed by atoms with van der Waals surface area (Å²) >= 11 is 0. The molecule has 0 bridgehead atoms. The number of carboxylic acid groups (broad SMARTS) is 1. The van der Waals surface area contributed by atoms with E-state index in [9.17, 15) is 19.7 Å². The lowest BCUT2D eigenvalue weighted by Crippen LogP contribution is -2.51. The van der Waals surface area contributed by atoms with Gasteiger partial charge in [0.1, 0.15) is 5.69 Å². The number of amides is 1. The summed E-state index contributed by atoms with van der Waals surface area (Å²) in [5.74, 6) is -1.21. The third-order valence-electron chi connectivity index (χ3n) is 4.61. The van der Waals surface area contributed by atoms with Crippen LogP contribution in [-0.4, -0.2) is 58.0 Å². The number of rotatable bonds is 9. The lowest BCUT2D eigenvalue weighted by atomic mass is 9.85. The maximum atomic E-state index is 12.1. The minimum absolute atomic E-state index is 0.00626. The van der Waals surface area contributed by atoms with Crippen LogP contribution in [0.5, 0.6) is 0 Å². The third-order valence-corrected chi connectivity index (χ3v) is 4.61. The van der Waals surface area contributed by atoms with Crippen LogP contribution in [0.4, 0.5) is 11.4 Å². The van der Waals surface area contributed by atoms with Gasteiger partial charge in [0.05, 0.1) is 11.5 Å². The molecule has 3 N–H and O–H groups in total. The van der Waals surface area contributed by atoms with Gasteiger partial charge in [-0.2, -0.15) is 0 Å². The molecule has 2 rings (SSSR count). The molecule has 0 aliphatic heterocycles. The highest BCUT2D eigenvalue weighted by Gasteiger charge is 2.34. The van der Waals surface area contributed by atoms with Crippen molar-refractivity contribution in [2.45, 2.75) is 51.7 Å². The highest BCUT2D eigenvalue weighted by molar-refractivity contribution is 5.95. The highest BCUT2D eigenvalue weighted by Crippen LogP contribution is 2.32. The topological polar surface area (TPSA) is 125 Å². The standard InChI is InChI=1S/C18H26N4O5/c1-4-21(10-17(23)24)14-8-13(9-14)20-15-6-5-12(7-16(15)22(26)27)18(25)19-11(2)3/h5-7,11,13-14,20H,4,8-10H2,1-3H3,(H,19,25)(H,23,24). The Hall–Kier alpha value is -2.68.